The second kappa shape index (κ2) is 5.55. The van der Waals surface area contributed by atoms with Gasteiger partial charge in [-0.25, -0.2) is 4.98 Å². The highest BCUT2D eigenvalue weighted by Gasteiger charge is 2.42. The van der Waals surface area contributed by atoms with E-state index in [1.54, 1.807) is 6.07 Å². The van der Waals surface area contributed by atoms with Crippen molar-refractivity contribution in [1.82, 2.24) is 19.6 Å². The molecule has 3 aromatic heterocycles. The minimum atomic E-state index is -4.75. The number of halogens is 5. The Morgan fingerprint density at radius 1 is 1.16 bits per heavy atom. The predicted molar refractivity (Wildman–Crippen MR) is 79.0 cm³/mol. The molecule has 130 valence electrons. The maximum atomic E-state index is 13.7. The van der Waals surface area contributed by atoms with E-state index in [9.17, 15) is 17.6 Å². The van der Waals surface area contributed by atoms with Gasteiger partial charge in [-0.2, -0.15) is 14.0 Å². The lowest BCUT2D eigenvalue weighted by Gasteiger charge is -2.08. The summed E-state index contributed by atoms with van der Waals surface area (Å²) >= 11 is 5.94. The molecule has 0 spiro atoms. The first-order chi connectivity index (χ1) is 11.8. The van der Waals surface area contributed by atoms with Gasteiger partial charge in [-0.1, -0.05) is 11.6 Å². The monoisotopic (exact) mass is 372 g/mol. The number of imidazole rings is 1. The summed E-state index contributed by atoms with van der Waals surface area (Å²) in [7, 11) is 0. The smallest absolute Gasteiger partial charge is 0.404 e. The van der Waals surface area contributed by atoms with Gasteiger partial charge in [0.15, 0.2) is 10.8 Å². The van der Waals surface area contributed by atoms with Gasteiger partial charge in [0, 0.05) is 17.2 Å². The van der Waals surface area contributed by atoms with Crippen molar-refractivity contribution in [2.45, 2.75) is 24.6 Å². The zero-order valence-corrected chi connectivity index (χ0v) is 13.1. The molecule has 1 saturated carbocycles. The molecule has 25 heavy (non-hydrogen) atoms. The van der Waals surface area contributed by atoms with Crippen molar-refractivity contribution in [3.63, 3.8) is 0 Å². The first-order valence-electron chi connectivity index (χ1n) is 7.23. The van der Waals surface area contributed by atoms with Gasteiger partial charge in [0.2, 0.25) is 5.95 Å². The quantitative estimate of drug-likeness (QED) is 0.650. The van der Waals surface area contributed by atoms with Crippen LogP contribution >= 0.6 is 11.6 Å². The Balaban J connectivity index is 1.58. The van der Waals surface area contributed by atoms with Crippen LogP contribution in [0.15, 0.2) is 30.6 Å². The molecule has 0 N–H and O–H groups in total. The Bertz CT molecular complexity index is 941. The highest BCUT2D eigenvalue weighted by Crippen LogP contribution is 2.55. The van der Waals surface area contributed by atoms with Crippen LogP contribution in [0.1, 0.15) is 29.5 Å². The van der Waals surface area contributed by atoms with E-state index in [-0.39, 0.29) is 22.7 Å². The fraction of sp³-hybridized carbons (Fsp3) is 0.267. The largest absolute Gasteiger partial charge is 0.573 e. The molecule has 10 heteroatoms. The lowest BCUT2D eigenvalue weighted by Crippen LogP contribution is -2.17. The fourth-order valence-electron chi connectivity index (χ4n) is 2.88. The molecule has 0 saturated heterocycles. The standard InChI is InChI=1S/C15H9ClF4N4O/c16-12-4-10(14-22-6-13(17)24(14)23-12)8-3-9(8)11-2-1-7(5-21-11)25-15(18,19)20/h1-2,4-6,8-9H,3H2/t8-,9-/m0/s1. The molecule has 5 nitrogen and oxygen atoms in total. The van der Waals surface area contributed by atoms with Crippen molar-refractivity contribution in [3.05, 3.63) is 53.0 Å². The van der Waals surface area contributed by atoms with Gasteiger partial charge < -0.3 is 4.74 Å². The van der Waals surface area contributed by atoms with Crippen LogP contribution in [-0.4, -0.2) is 25.9 Å². The molecule has 0 aliphatic heterocycles. The average Bonchev–Trinajstić information content (AvgIpc) is 3.24. The normalized spacial score (nSPS) is 20.0. The van der Waals surface area contributed by atoms with E-state index >= 15 is 0 Å². The molecule has 0 radical (unpaired) electrons. The van der Waals surface area contributed by atoms with Gasteiger partial charge in [0.1, 0.15) is 5.75 Å². The topological polar surface area (TPSA) is 52.3 Å². The summed E-state index contributed by atoms with van der Waals surface area (Å²) in [5.74, 6) is -1.02. The molecular formula is C15H9ClF4N4O. The maximum absolute atomic E-state index is 13.7. The number of hydrogen-bond acceptors (Lipinski definition) is 4. The third kappa shape index (κ3) is 3.11. The Labute approximate surface area is 143 Å². The number of pyridine rings is 1. The maximum Gasteiger partial charge on any atom is 0.573 e. The Kier molecular flexibility index (Phi) is 3.57. The summed E-state index contributed by atoms with van der Waals surface area (Å²) in [6.07, 6.45) is -1.96. The number of nitrogens with zero attached hydrogens (tertiary/aromatic N) is 4. The van der Waals surface area contributed by atoms with Crippen molar-refractivity contribution in [1.29, 1.82) is 0 Å². The van der Waals surface area contributed by atoms with E-state index in [0.717, 1.165) is 22.5 Å². The summed E-state index contributed by atoms with van der Waals surface area (Å²) in [4.78, 5) is 8.04. The van der Waals surface area contributed by atoms with E-state index < -0.39 is 12.3 Å². The van der Waals surface area contributed by atoms with Crippen molar-refractivity contribution < 1.29 is 22.3 Å². The minimum Gasteiger partial charge on any atom is -0.404 e. The van der Waals surface area contributed by atoms with Crippen molar-refractivity contribution in [2.75, 3.05) is 0 Å². The lowest BCUT2D eigenvalue weighted by molar-refractivity contribution is -0.274. The van der Waals surface area contributed by atoms with Gasteiger partial charge in [-0.3, -0.25) is 4.98 Å². The molecule has 2 atom stereocenters. The lowest BCUT2D eigenvalue weighted by atomic mass is 10.1. The van der Waals surface area contributed by atoms with Crippen LogP contribution in [0.25, 0.3) is 5.65 Å². The highest BCUT2D eigenvalue weighted by molar-refractivity contribution is 6.29. The molecule has 3 aromatic rings. The molecular weight excluding hydrogens is 364 g/mol. The van der Waals surface area contributed by atoms with E-state index in [1.165, 1.54) is 12.1 Å². The molecule has 0 amide bonds. The predicted octanol–water partition coefficient (Wildman–Crippen LogP) is 4.09. The summed E-state index contributed by atoms with van der Waals surface area (Å²) in [5.41, 5.74) is 1.72. The highest BCUT2D eigenvalue weighted by atomic mass is 35.5. The third-order valence-electron chi connectivity index (χ3n) is 3.99. The van der Waals surface area contributed by atoms with Gasteiger partial charge in [-0.05, 0) is 30.5 Å². The second-order valence-electron chi connectivity index (χ2n) is 5.65. The molecule has 3 heterocycles. The molecule has 1 aliphatic carbocycles. The van der Waals surface area contributed by atoms with Crippen LogP contribution < -0.4 is 4.74 Å². The number of ether oxygens (including phenoxy) is 1. The van der Waals surface area contributed by atoms with Crippen molar-refractivity contribution >= 4 is 17.2 Å². The van der Waals surface area contributed by atoms with E-state index in [0.29, 0.717) is 17.8 Å². The zero-order valence-electron chi connectivity index (χ0n) is 12.3. The van der Waals surface area contributed by atoms with Crippen molar-refractivity contribution in [3.8, 4) is 5.75 Å². The second-order valence-corrected chi connectivity index (χ2v) is 6.04. The van der Waals surface area contributed by atoms with Gasteiger partial charge >= 0.3 is 6.36 Å². The van der Waals surface area contributed by atoms with E-state index in [4.69, 9.17) is 11.6 Å². The van der Waals surface area contributed by atoms with E-state index in [2.05, 4.69) is 19.8 Å². The molecule has 4 rings (SSSR count). The summed E-state index contributed by atoms with van der Waals surface area (Å²) in [6, 6.07) is 4.32. The zero-order chi connectivity index (χ0) is 17.8. The van der Waals surface area contributed by atoms with Crippen LogP contribution in [0.2, 0.25) is 5.15 Å². The number of alkyl halides is 3. The van der Waals surface area contributed by atoms with Crippen LogP contribution in [0.4, 0.5) is 17.6 Å². The first kappa shape index (κ1) is 16.1. The molecule has 0 bridgehead atoms. The molecule has 0 aromatic carbocycles. The van der Waals surface area contributed by atoms with Gasteiger partial charge in [0.25, 0.3) is 0 Å². The fourth-order valence-corrected chi connectivity index (χ4v) is 3.07. The third-order valence-corrected chi connectivity index (χ3v) is 4.17. The van der Waals surface area contributed by atoms with Gasteiger partial charge in [-0.15, -0.1) is 13.2 Å². The Hall–Kier alpha value is -2.42. The molecule has 1 fully saturated rings. The van der Waals surface area contributed by atoms with Gasteiger partial charge in [0.05, 0.1) is 12.4 Å². The summed E-state index contributed by atoms with van der Waals surface area (Å²) in [6.45, 7) is 0. The van der Waals surface area contributed by atoms with Crippen LogP contribution in [-0.2, 0) is 0 Å². The number of aromatic nitrogens is 4. The number of fused-ring (bicyclic) bond motifs is 1. The summed E-state index contributed by atoms with van der Waals surface area (Å²) < 4.78 is 55.0. The SMILES string of the molecule is Fc1cnc2c([C@H]3C[C@@H]3c3ccc(OC(F)(F)F)cn3)cc(Cl)nn12. The minimum absolute atomic E-state index is 0.00770. The van der Waals surface area contributed by atoms with Crippen LogP contribution in [0.3, 0.4) is 0 Å². The van der Waals surface area contributed by atoms with Crippen LogP contribution in [0, 0.1) is 5.95 Å². The van der Waals surface area contributed by atoms with Crippen molar-refractivity contribution in [2.24, 2.45) is 0 Å². The Morgan fingerprint density at radius 2 is 1.96 bits per heavy atom. The molecule has 0 unspecified atom stereocenters. The Morgan fingerprint density at radius 3 is 2.64 bits per heavy atom. The summed E-state index contributed by atoms with van der Waals surface area (Å²) in [5, 5.41) is 3.99. The van der Waals surface area contributed by atoms with Crippen LogP contribution in [0.5, 0.6) is 5.75 Å². The average molecular weight is 373 g/mol. The number of rotatable bonds is 3. The first-order valence-corrected chi connectivity index (χ1v) is 7.61. The number of hydrogen-bond donors (Lipinski definition) is 0. The molecule has 1 aliphatic rings. The van der Waals surface area contributed by atoms with E-state index in [1.807, 2.05) is 0 Å².